The van der Waals surface area contributed by atoms with Crippen LogP contribution in [0.2, 0.25) is 0 Å². The second-order valence-corrected chi connectivity index (χ2v) is 6.88. The molecule has 2 unspecified atom stereocenters. The fourth-order valence-corrected chi connectivity index (χ4v) is 3.77. The normalized spacial score (nSPS) is 19.8. The van der Waals surface area contributed by atoms with Crippen molar-refractivity contribution in [2.45, 2.75) is 57.4 Å². The van der Waals surface area contributed by atoms with Crippen LogP contribution in [0.1, 0.15) is 63.2 Å². The van der Waals surface area contributed by atoms with Crippen molar-refractivity contribution < 1.29 is 4.39 Å². The maximum absolute atomic E-state index is 13.7. The number of aromatic nitrogens is 2. The van der Waals surface area contributed by atoms with E-state index in [4.69, 9.17) is 11.6 Å². The lowest BCUT2D eigenvalue weighted by Crippen LogP contribution is -2.21. The molecule has 0 radical (unpaired) electrons. The van der Waals surface area contributed by atoms with Crippen LogP contribution in [0.5, 0.6) is 0 Å². The largest absolute Gasteiger partial charge is 0.324 e. The smallest absolute Gasteiger partial charge is 0.127 e. The molecule has 2 aromatic rings. The molecular weight excluding hydrogens is 287 g/mol. The summed E-state index contributed by atoms with van der Waals surface area (Å²) >= 11 is 6.33. The Balaban J connectivity index is 2.09. The molecule has 1 fully saturated rings. The lowest BCUT2D eigenvalue weighted by atomic mass is 9.84. The summed E-state index contributed by atoms with van der Waals surface area (Å²) in [5, 5.41) is -0.175. The van der Waals surface area contributed by atoms with Crippen molar-refractivity contribution in [3.05, 3.63) is 29.8 Å². The lowest BCUT2D eigenvalue weighted by molar-refractivity contribution is 0.264. The van der Waals surface area contributed by atoms with Gasteiger partial charge in [0.1, 0.15) is 11.6 Å². The molecule has 0 aliphatic heterocycles. The van der Waals surface area contributed by atoms with Gasteiger partial charge in [-0.2, -0.15) is 0 Å². The van der Waals surface area contributed by atoms with Gasteiger partial charge in [0, 0.05) is 6.04 Å². The van der Waals surface area contributed by atoms with Crippen LogP contribution in [0.4, 0.5) is 4.39 Å². The minimum Gasteiger partial charge on any atom is -0.324 e. The summed E-state index contributed by atoms with van der Waals surface area (Å²) in [6.07, 6.45) is 6.41. The standard InChI is InChI=1S/C17H22ClFN2/c1-11(18)17-20-15-9-8-14(19)10-16(15)21(17)12(2)13-6-4-3-5-7-13/h8-13H,3-7H2,1-2H3. The first-order valence-electron chi connectivity index (χ1n) is 7.89. The molecular formula is C17H22ClFN2. The monoisotopic (exact) mass is 308 g/mol. The zero-order valence-electron chi connectivity index (χ0n) is 12.6. The van der Waals surface area contributed by atoms with Gasteiger partial charge in [-0.3, -0.25) is 0 Å². The summed E-state index contributed by atoms with van der Waals surface area (Å²) in [4.78, 5) is 4.63. The van der Waals surface area contributed by atoms with Gasteiger partial charge in [0.05, 0.1) is 16.4 Å². The highest BCUT2D eigenvalue weighted by Gasteiger charge is 2.26. The number of alkyl halides is 1. The van der Waals surface area contributed by atoms with Gasteiger partial charge in [0.25, 0.3) is 0 Å². The van der Waals surface area contributed by atoms with Gasteiger partial charge in [-0.25, -0.2) is 9.37 Å². The SMILES string of the molecule is CC(Cl)c1nc2ccc(F)cc2n1C(C)C1CCCCC1. The number of rotatable bonds is 3. The third-order valence-electron chi connectivity index (χ3n) is 4.77. The average molecular weight is 309 g/mol. The predicted octanol–water partition coefficient (Wildman–Crippen LogP) is 5.62. The molecule has 1 saturated carbocycles. The summed E-state index contributed by atoms with van der Waals surface area (Å²) in [6, 6.07) is 5.11. The molecule has 1 heterocycles. The van der Waals surface area contributed by atoms with Gasteiger partial charge in [-0.05, 0) is 50.8 Å². The fourth-order valence-electron chi connectivity index (χ4n) is 3.62. The summed E-state index contributed by atoms with van der Waals surface area (Å²) in [5.41, 5.74) is 1.71. The van der Waals surface area contributed by atoms with E-state index in [9.17, 15) is 4.39 Å². The maximum Gasteiger partial charge on any atom is 0.127 e. The van der Waals surface area contributed by atoms with Crippen LogP contribution in [0.15, 0.2) is 18.2 Å². The zero-order chi connectivity index (χ0) is 15.0. The van der Waals surface area contributed by atoms with E-state index in [0.717, 1.165) is 16.9 Å². The highest BCUT2D eigenvalue weighted by atomic mass is 35.5. The quantitative estimate of drug-likeness (QED) is 0.673. The van der Waals surface area contributed by atoms with E-state index in [-0.39, 0.29) is 11.2 Å². The molecule has 0 N–H and O–H groups in total. The van der Waals surface area contributed by atoms with Crippen LogP contribution < -0.4 is 0 Å². The third kappa shape index (κ3) is 2.80. The molecule has 0 amide bonds. The Kier molecular flexibility index (Phi) is 4.21. The molecule has 2 nitrogen and oxygen atoms in total. The topological polar surface area (TPSA) is 17.8 Å². The van der Waals surface area contributed by atoms with Crippen molar-refractivity contribution >= 4 is 22.6 Å². The van der Waals surface area contributed by atoms with E-state index in [2.05, 4.69) is 16.5 Å². The van der Waals surface area contributed by atoms with E-state index >= 15 is 0 Å². The van der Waals surface area contributed by atoms with Crippen molar-refractivity contribution in [3.63, 3.8) is 0 Å². The molecule has 1 aliphatic rings. The molecule has 114 valence electrons. The number of hydrogen-bond donors (Lipinski definition) is 0. The highest BCUT2D eigenvalue weighted by molar-refractivity contribution is 6.20. The maximum atomic E-state index is 13.7. The van der Waals surface area contributed by atoms with Gasteiger partial charge in [-0.15, -0.1) is 11.6 Å². The molecule has 0 bridgehead atoms. The van der Waals surface area contributed by atoms with Crippen LogP contribution in [-0.2, 0) is 0 Å². The summed E-state index contributed by atoms with van der Waals surface area (Å²) in [6.45, 7) is 4.16. The van der Waals surface area contributed by atoms with Crippen LogP contribution >= 0.6 is 11.6 Å². The Morgan fingerprint density at radius 1 is 1.24 bits per heavy atom. The molecule has 21 heavy (non-hydrogen) atoms. The van der Waals surface area contributed by atoms with Crippen molar-refractivity contribution in [2.75, 3.05) is 0 Å². The van der Waals surface area contributed by atoms with Gasteiger partial charge in [0.15, 0.2) is 0 Å². The van der Waals surface area contributed by atoms with Crippen molar-refractivity contribution in [1.29, 1.82) is 0 Å². The fraction of sp³-hybridized carbons (Fsp3) is 0.588. The summed E-state index contributed by atoms with van der Waals surface area (Å²) in [7, 11) is 0. The van der Waals surface area contributed by atoms with Crippen molar-refractivity contribution in [3.8, 4) is 0 Å². The Morgan fingerprint density at radius 2 is 1.95 bits per heavy atom. The third-order valence-corrected chi connectivity index (χ3v) is 4.97. The predicted molar refractivity (Wildman–Crippen MR) is 85.2 cm³/mol. The van der Waals surface area contributed by atoms with Gasteiger partial charge >= 0.3 is 0 Å². The van der Waals surface area contributed by atoms with Crippen LogP contribution in [0.25, 0.3) is 11.0 Å². The Morgan fingerprint density at radius 3 is 2.62 bits per heavy atom. The lowest BCUT2D eigenvalue weighted by Gasteiger charge is -2.30. The molecule has 0 spiro atoms. The minimum absolute atomic E-state index is 0.175. The van der Waals surface area contributed by atoms with Gasteiger partial charge in [0.2, 0.25) is 0 Å². The Bertz CT molecular complexity index is 629. The Labute approximate surface area is 130 Å². The van der Waals surface area contributed by atoms with Gasteiger partial charge < -0.3 is 4.57 Å². The van der Waals surface area contributed by atoms with Crippen LogP contribution in [0.3, 0.4) is 0 Å². The molecule has 3 rings (SSSR count). The van der Waals surface area contributed by atoms with E-state index in [0.29, 0.717) is 12.0 Å². The van der Waals surface area contributed by atoms with E-state index in [1.807, 2.05) is 6.92 Å². The number of fused-ring (bicyclic) bond motifs is 1. The zero-order valence-corrected chi connectivity index (χ0v) is 13.4. The first kappa shape index (κ1) is 14.8. The van der Waals surface area contributed by atoms with E-state index < -0.39 is 0 Å². The number of hydrogen-bond acceptors (Lipinski definition) is 1. The highest BCUT2D eigenvalue weighted by Crippen LogP contribution is 2.37. The molecule has 2 atom stereocenters. The summed E-state index contributed by atoms with van der Waals surface area (Å²) < 4.78 is 15.8. The number of nitrogens with zero attached hydrogens (tertiary/aromatic N) is 2. The molecule has 4 heteroatoms. The minimum atomic E-state index is -0.215. The van der Waals surface area contributed by atoms with Crippen LogP contribution in [0, 0.1) is 11.7 Å². The second-order valence-electron chi connectivity index (χ2n) is 6.23. The van der Waals surface area contributed by atoms with Crippen LogP contribution in [-0.4, -0.2) is 9.55 Å². The van der Waals surface area contributed by atoms with E-state index in [1.54, 1.807) is 12.1 Å². The molecule has 1 aliphatic carbocycles. The number of halogens is 2. The number of benzene rings is 1. The average Bonchev–Trinajstić information content (AvgIpc) is 2.86. The second kappa shape index (κ2) is 5.96. The summed E-state index contributed by atoms with van der Waals surface area (Å²) in [5.74, 6) is 1.28. The molecule has 0 saturated heterocycles. The first-order valence-corrected chi connectivity index (χ1v) is 8.33. The molecule has 1 aromatic carbocycles. The van der Waals surface area contributed by atoms with E-state index in [1.165, 1.54) is 38.2 Å². The van der Waals surface area contributed by atoms with Crippen molar-refractivity contribution in [1.82, 2.24) is 9.55 Å². The Hall–Kier alpha value is -1.09. The van der Waals surface area contributed by atoms with Crippen molar-refractivity contribution in [2.24, 2.45) is 5.92 Å². The molecule has 1 aromatic heterocycles. The van der Waals surface area contributed by atoms with Gasteiger partial charge in [-0.1, -0.05) is 19.3 Å². The first-order chi connectivity index (χ1) is 10.1. The number of imidazole rings is 1.